The standard InChI is InChI=1S/C27H34FN3O7S/c1-5-6-22(27(35)38-4)29-25(33)23(15-17(2)3)30-26(34)24(16-18-7-11-20(32)12-8-18)31-39(36,37)21-13-9-19(28)10-14-21/h5,7-14,17,22-24,31-32H,1,6,15-16H2,2-4H3,(H,29,33)(H,30,34)/t22-,23-,24-/m0/s1. The number of nitrogens with one attached hydrogen (secondary N) is 3. The molecular weight excluding hydrogens is 529 g/mol. The molecule has 0 aliphatic heterocycles. The summed E-state index contributed by atoms with van der Waals surface area (Å²) in [6.07, 6.45) is 1.61. The van der Waals surface area contributed by atoms with Crippen molar-refractivity contribution in [2.24, 2.45) is 5.92 Å². The lowest BCUT2D eigenvalue weighted by molar-refractivity contribution is -0.145. The molecule has 2 aromatic rings. The number of aromatic hydroxyl groups is 1. The third-order valence-electron chi connectivity index (χ3n) is 5.66. The van der Waals surface area contributed by atoms with E-state index in [-0.39, 0.29) is 35.8 Å². The number of halogens is 1. The summed E-state index contributed by atoms with van der Waals surface area (Å²) in [6.45, 7) is 7.23. The average molecular weight is 564 g/mol. The average Bonchev–Trinajstić information content (AvgIpc) is 2.88. The molecule has 2 amide bonds. The van der Waals surface area contributed by atoms with E-state index in [4.69, 9.17) is 4.74 Å². The van der Waals surface area contributed by atoms with E-state index in [9.17, 15) is 32.3 Å². The van der Waals surface area contributed by atoms with Gasteiger partial charge in [0.25, 0.3) is 0 Å². The first-order valence-electron chi connectivity index (χ1n) is 12.2. The number of esters is 1. The van der Waals surface area contributed by atoms with Crippen molar-refractivity contribution in [3.05, 3.63) is 72.6 Å². The van der Waals surface area contributed by atoms with Gasteiger partial charge in [-0.15, -0.1) is 6.58 Å². The van der Waals surface area contributed by atoms with Gasteiger partial charge < -0.3 is 20.5 Å². The van der Waals surface area contributed by atoms with Crippen LogP contribution in [0.1, 0.15) is 32.3 Å². The Morgan fingerprint density at radius 1 is 0.974 bits per heavy atom. The predicted molar refractivity (Wildman–Crippen MR) is 142 cm³/mol. The van der Waals surface area contributed by atoms with Crippen LogP contribution in [-0.2, 0) is 35.6 Å². The van der Waals surface area contributed by atoms with E-state index in [0.29, 0.717) is 5.56 Å². The second-order valence-corrected chi connectivity index (χ2v) is 11.0. The molecule has 0 saturated heterocycles. The number of carbonyl (C=O) groups excluding carboxylic acids is 3. The van der Waals surface area contributed by atoms with Crippen LogP contribution < -0.4 is 15.4 Å². The van der Waals surface area contributed by atoms with Gasteiger partial charge in [-0.25, -0.2) is 17.6 Å². The van der Waals surface area contributed by atoms with Gasteiger partial charge >= 0.3 is 5.97 Å². The number of rotatable bonds is 14. The van der Waals surface area contributed by atoms with Gasteiger partial charge in [0.15, 0.2) is 0 Å². The summed E-state index contributed by atoms with van der Waals surface area (Å²) in [6, 6.07) is 6.41. The highest BCUT2D eigenvalue weighted by Gasteiger charge is 2.32. The van der Waals surface area contributed by atoms with Crippen LogP contribution in [0.4, 0.5) is 4.39 Å². The van der Waals surface area contributed by atoms with Crippen molar-refractivity contribution in [2.75, 3.05) is 7.11 Å². The molecule has 12 heteroatoms. The quantitative estimate of drug-likeness (QED) is 0.203. The second-order valence-electron chi connectivity index (χ2n) is 9.30. The zero-order chi connectivity index (χ0) is 29.2. The van der Waals surface area contributed by atoms with Gasteiger partial charge in [0.05, 0.1) is 12.0 Å². The summed E-state index contributed by atoms with van der Waals surface area (Å²) in [7, 11) is -3.09. The van der Waals surface area contributed by atoms with Crippen molar-refractivity contribution in [1.29, 1.82) is 0 Å². The molecular formula is C27H34FN3O7S. The fourth-order valence-electron chi connectivity index (χ4n) is 3.70. The van der Waals surface area contributed by atoms with E-state index in [2.05, 4.69) is 21.9 Å². The van der Waals surface area contributed by atoms with Crippen LogP contribution in [0.2, 0.25) is 0 Å². The Hall–Kier alpha value is -3.77. The second kappa shape index (κ2) is 14.4. The number of methoxy groups -OCH3 is 1. The maximum atomic E-state index is 13.4. The van der Waals surface area contributed by atoms with Crippen molar-refractivity contribution in [2.45, 2.75) is 56.1 Å². The van der Waals surface area contributed by atoms with Crippen molar-refractivity contribution in [1.82, 2.24) is 15.4 Å². The summed E-state index contributed by atoms with van der Waals surface area (Å²) < 4.78 is 46.5. The smallest absolute Gasteiger partial charge is 0.328 e. The van der Waals surface area contributed by atoms with E-state index in [0.717, 1.165) is 24.3 Å². The highest BCUT2D eigenvalue weighted by Crippen LogP contribution is 2.15. The lowest BCUT2D eigenvalue weighted by atomic mass is 10.0. The van der Waals surface area contributed by atoms with Crippen LogP contribution in [0.25, 0.3) is 0 Å². The first-order chi connectivity index (χ1) is 18.4. The Morgan fingerprint density at radius 3 is 2.08 bits per heavy atom. The lowest BCUT2D eigenvalue weighted by Crippen LogP contribution is -2.56. The van der Waals surface area contributed by atoms with Gasteiger partial charge in [0, 0.05) is 0 Å². The molecule has 0 bridgehead atoms. The van der Waals surface area contributed by atoms with Gasteiger partial charge in [-0.1, -0.05) is 32.1 Å². The van der Waals surface area contributed by atoms with E-state index < -0.39 is 51.7 Å². The number of amides is 2. The number of ether oxygens (including phenoxy) is 1. The summed E-state index contributed by atoms with van der Waals surface area (Å²) in [5.41, 5.74) is 0.524. The Bertz CT molecular complexity index is 1250. The maximum Gasteiger partial charge on any atom is 0.328 e. The van der Waals surface area contributed by atoms with Crippen LogP contribution >= 0.6 is 0 Å². The first kappa shape index (κ1) is 31.4. The molecule has 0 fully saturated rings. The summed E-state index contributed by atoms with van der Waals surface area (Å²) in [5.74, 6) is -2.83. The Kier molecular flexibility index (Phi) is 11.6. The molecule has 0 saturated carbocycles. The van der Waals surface area contributed by atoms with Crippen molar-refractivity contribution >= 4 is 27.8 Å². The van der Waals surface area contributed by atoms with E-state index in [1.54, 1.807) is 0 Å². The molecule has 0 aromatic heterocycles. The minimum atomic E-state index is -4.27. The van der Waals surface area contributed by atoms with E-state index >= 15 is 0 Å². The summed E-state index contributed by atoms with van der Waals surface area (Å²) in [5, 5.41) is 14.7. The van der Waals surface area contributed by atoms with Crippen LogP contribution in [-0.4, -0.2) is 56.5 Å². The molecule has 0 radical (unpaired) electrons. The molecule has 3 atom stereocenters. The molecule has 39 heavy (non-hydrogen) atoms. The first-order valence-corrected chi connectivity index (χ1v) is 13.7. The fourth-order valence-corrected chi connectivity index (χ4v) is 4.89. The normalized spacial score (nSPS) is 13.7. The highest BCUT2D eigenvalue weighted by atomic mass is 32.2. The van der Waals surface area contributed by atoms with E-state index in [1.165, 1.54) is 37.5 Å². The number of benzene rings is 2. The minimum absolute atomic E-state index is 0.0139. The third-order valence-corrected chi connectivity index (χ3v) is 7.15. The number of hydrogen-bond acceptors (Lipinski definition) is 7. The molecule has 10 nitrogen and oxygen atoms in total. The monoisotopic (exact) mass is 563 g/mol. The van der Waals surface area contributed by atoms with Crippen molar-refractivity contribution in [3.63, 3.8) is 0 Å². The third kappa shape index (κ3) is 9.80. The number of hydrogen-bond donors (Lipinski definition) is 4. The van der Waals surface area contributed by atoms with Crippen molar-refractivity contribution < 1.29 is 37.0 Å². The SMILES string of the molecule is C=CC[C@H](NC(=O)[C@H](CC(C)C)NC(=O)[C@H](Cc1ccc(O)cc1)NS(=O)(=O)c1ccc(F)cc1)C(=O)OC. The largest absolute Gasteiger partial charge is 0.508 e. The molecule has 2 rings (SSSR count). The minimum Gasteiger partial charge on any atom is -0.508 e. The maximum absolute atomic E-state index is 13.4. The number of phenols is 1. The number of phenolic OH excluding ortho intramolecular Hbond substituents is 1. The van der Waals surface area contributed by atoms with Gasteiger partial charge in [-0.2, -0.15) is 4.72 Å². The van der Waals surface area contributed by atoms with Gasteiger partial charge in [-0.05, 0) is 67.1 Å². The zero-order valence-corrected chi connectivity index (χ0v) is 22.8. The highest BCUT2D eigenvalue weighted by molar-refractivity contribution is 7.89. The Balaban J connectivity index is 2.34. The molecule has 0 heterocycles. The molecule has 0 aliphatic carbocycles. The topological polar surface area (TPSA) is 151 Å². The molecule has 0 aliphatic rings. The molecule has 0 unspecified atom stereocenters. The van der Waals surface area contributed by atoms with Crippen LogP contribution in [0.5, 0.6) is 5.75 Å². The van der Waals surface area contributed by atoms with E-state index in [1.807, 2.05) is 13.8 Å². The molecule has 4 N–H and O–H groups in total. The summed E-state index contributed by atoms with van der Waals surface area (Å²) >= 11 is 0. The molecule has 0 spiro atoms. The lowest BCUT2D eigenvalue weighted by Gasteiger charge is -2.25. The van der Waals surface area contributed by atoms with Gasteiger partial charge in [-0.3, -0.25) is 9.59 Å². The fraction of sp³-hybridized carbons (Fsp3) is 0.370. The van der Waals surface area contributed by atoms with Crippen LogP contribution in [0.15, 0.2) is 66.1 Å². The molecule has 2 aromatic carbocycles. The van der Waals surface area contributed by atoms with Gasteiger partial charge in [0.1, 0.15) is 29.7 Å². The van der Waals surface area contributed by atoms with Crippen LogP contribution in [0, 0.1) is 11.7 Å². The van der Waals surface area contributed by atoms with Gasteiger partial charge in [0.2, 0.25) is 21.8 Å². The predicted octanol–water partition coefficient (Wildman–Crippen LogP) is 2.19. The Morgan fingerprint density at radius 2 is 1.54 bits per heavy atom. The summed E-state index contributed by atoms with van der Waals surface area (Å²) in [4.78, 5) is 38.4. The van der Waals surface area contributed by atoms with Crippen molar-refractivity contribution in [3.8, 4) is 5.75 Å². The van der Waals surface area contributed by atoms with Crippen LogP contribution in [0.3, 0.4) is 0 Å². The zero-order valence-electron chi connectivity index (χ0n) is 22.0. The number of carbonyl (C=O) groups is 3. The number of sulfonamides is 1. The molecule has 212 valence electrons. The Labute approximate surface area is 227 Å².